The molecule has 0 radical (unpaired) electrons. The lowest BCUT2D eigenvalue weighted by molar-refractivity contribution is 0.102. The fraction of sp³-hybridized carbons (Fsp3) is 0.350. The Hall–Kier alpha value is -2.69. The van der Waals surface area contributed by atoms with E-state index in [2.05, 4.69) is 17.6 Å². The molecule has 2 rings (SSSR count). The number of hydrogen-bond donors (Lipinski definition) is 2. The lowest BCUT2D eigenvalue weighted by atomic mass is 10.1. The monoisotopic (exact) mass is 342 g/mol. The Balaban J connectivity index is 2.04. The average molecular weight is 342 g/mol. The normalized spacial score (nSPS) is 10.2. The Morgan fingerprint density at radius 1 is 0.920 bits per heavy atom. The first kappa shape index (κ1) is 18.6. The molecule has 0 aromatic heterocycles. The van der Waals surface area contributed by atoms with Crippen molar-refractivity contribution in [2.75, 3.05) is 31.4 Å². The number of benzene rings is 2. The highest BCUT2D eigenvalue weighted by molar-refractivity contribution is 6.08. The van der Waals surface area contributed by atoms with Crippen molar-refractivity contribution in [3.8, 4) is 11.5 Å². The van der Waals surface area contributed by atoms with Gasteiger partial charge in [0, 0.05) is 17.9 Å². The smallest absolute Gasteiger partial charge is 0.263 e. The van der Waals surface area contributed by atoms with Crippen molar-refractivity contribution in [2.24, 2.45) is 0 Å². The molecule has 0 unspecified atom stereocenters. The second-order valence-corrected chi connectivity index (χ2v) is 5.70. The van der Waals surface area contributed by atoms with Gasteiger partial charge in [-0.3, -0.25) is 4.79 Å². The van der Waals surface area contributed by atoms with Gasteiger partial charge in [0.1, 0.15) is 17.1 Å². The van der Waals surface area contributed by atoms with Crippen LogP contribution in [0.2, 0.25) is 0 Å². The number of unbranched alkanes of at least 4 members (excludes halogenated alkanes) is 2. The van der Waals surface area contributed by atoms with Crippen LogP contribution in [0.1, 0.15) is 36.5 Å². The molecule has 134 valence electrons. The largest absolute Gasteiger partial charge is 0.496 e. The third kappa shape index (κ3) is 5.14. The first-order valence-electron chi connectivity index (χ1n) is 8.55. The lowest BCUT2D eigenvalue weighted by Crippen LogP contribution is -2.14. The molecule has 0 fully saturated rings. The number of hydrogen-bond acceptors (Lipinski definition) is 4. The summed E-state index contributed by atoms with van der Waals surface area (Å²) in [5.41, 5.74) is 2.15. The summed E-state index contributed by atoms with van der Waals surface area (Å²) in [5.74, 6) is 0.690. The summed E-state index contributed by atoms with van der Waals surface area (Å²) in [4.78, 5) is 12.6. The van der Waals surface area contributed by atoms with Gasteiger partial charge < -0.3 is 20.1 Å². The summed E-state index contributed by atoms with van der Waals surface area (Å²) < 4.78 is 10.6. The standard InChI is InChI=1S/C20H26N2O3/c1-4-5-6-14-21-15-10-12-16(13-11-15)22-20(23)19-17(24-2)8-7-9-18(19)25-3/h7-13,21H,4-6,14H2,1-3H3,(H,22,23). The van der Waals surface area contributed by atoms with E-state index < -0.39 is 0 Å². The molecule has 0 spiro atoms. The van der Waals surface area contributed by atoms with Gasteiger partial charge in [0.25, 0.3) is 5.91 Å². The molecule has 0 atom stereocenters. The van der Waals surface area contributed by atoms with Crippen molar-refractivity contribution in [1.29, 1.82) is 0 Å². The van der Waals surface area contributed by atoms with Crippen LogP contribution in [0, 0.1) is 0 Å². The van der Waals surface area contributed by atoms with Gasteiger partial charge in [-0.15, -0.1) is 0 Å². The number of methoxy groups -OCH3 is 2. The third-order valence-electron chi connectivity index (χ3n) is 3.91. The van der Waals surface area contributed by atoms with Crippen molar-refractivity contribution in [2.45, 2.75) is 26.2 Å². The summed E-state index contributed by atoms with van der Waals surface area (Å²) in [5, 5.41) is 6.26. The molecule has 0 heterocycles. The Bertz CT molecular complexity index is 662. The quantitative estimate of drug-likeness (QED) is 0.656. The minimum absolute atomic E-state index is 0.266. The minimum Gasteiger partial charge on any atom is -0.496 e. The first-order valence-corrected chi connectivity index (χ1v) is 8.55. The number of anilines is 2. The highest BCUT2D eigenvalue weighted by Crippen LogP contribution is 2.29. The van der Waals surface area contributed by atoms with E-state index in [1.165, 1.54) is 27.1 Å². The number of carbonyl (C=O) groups is 1. The van der Waals surface area contributed by atoms with Gasteiger partial charge in [-0.2, -0.15) is 0 Å². The van der Waals surface area contributed by atoms with Gasteiger partial charge in [0.2, 0.25) is 0 Å². The maximum atomic E-state index is 12.6. The van der Waals surface area contributed by atoms with Crippen LogP contribution in [0.3, 0.4) is 0 Å². The van der Waals surface area contributed by atoms with E-state index in [1.807, 2.05) is 24.3 Å². The minimum atomic E-state index is -0.266. The van der Waals surface area contributed by atoms with Crippen molar-refractivity contribution in [3.05, 3.63) is 48.0 Å². The second-order valence-electron chi connectivity index (χ2n) is 5.70. The van der Waals surface area contributed by atoms with Crippen molar-refractivity contribution < 1.29 is 14.3 Å². The zero-order valence-electron chi connectivity index (χ0n) is 15.1. The molecule has 5 nitrogen and oxygen atoms in total. The highest BCUT2D eigenvalue weighted by Gasteiger charge is 2.18. The first-order chi connectivity index (χ1) is 12.2. The van der Waals surface area contributed by atoms with Crippen molar-refractivity contribution in [3.63, 3.8) is 0 Å². The molecule has 25 heavy (non-hydrogen) atoms. The van der Waals surface area contributed by atoms with Gasteiger partial charge in [0.05, 0.1) is 14.2 Å². The number of nitrogens with one attached hydrogen (secondary N) is 2. The van der Waals surface area contributed by atoms with Gasteiger partial charge in [0.15, 0.2) is 0 Å². The van der Waals surface area contributed by atoms with E-state index in [0.29, 0.717) is 17.1 Å². The molecule has 2 aromatic rings. The maximum Gasteiger partial charge on any atom is 0.263 e. The van der Waals surface area contributed by atoms with Gasteiger partial charge in [-0.25, -0.2) is 0 Å². The summed E-state index contributed by atoms with van der Waals surface area (Å²) in [7, 11) is 3.06. The molecule has 0 aliphatic carbocycles. The molecule has 5 heteroatoms. The maximum absolute atomic E-state index is 12.6. The van der Waals surface area contributed by atoms with E-state index in [-0.39, 0.29) is 5.91 Å². The van der Waals surface area contributed by atoms with Crippen LogP contribution in [0.25, 0.3) is 0 Å². The van der Waals surface area contributed by atoms with Crippen LogP contribution in [0.4, 0.5) is 11.4 Å². The molecule has 2 N–H and O–H groups in total. The fourth-order valence-electron chi connectivity index (χ4n) is 2.55. The van der Waals surface area contributed by atoms with Crippen molar-refractivity contribution >= 4 is 17.3 Å². The van der Waals surface area contributed by atoms with Crippen LogP contribution in [0.5, 0.6) is 11.5 Å². The average Bonchev–Trinajstić information content (AvgIpc) is 2.65. The predicted molar refractivity (Wildman–Crippen MR) is 102 cm³/mol. The van der Waals surface area contributed by atoms with E-state index in [9.17, 15) is 4.79 Å². The van der Waals surface area contributed by atoms with E-state index in [1.54, 1.807) is 18.2 Å². The molecular weight excluding hydrogens is 316 g/mol. The van der Waals surface area contributed by atoms with Gasteiger partial charge in [-0.05, 0) is 42.8 Å². The van der Waals surface area contributed by atoms with Crippen LogP contribution in [-0.2, 0) is 0 Å². The van der Waals surface area contributed by atoms with Crippen LogP contribution < -0.4 is 20.1 Å². The highest BCUT2D eigenvalue weighted by atomic mass is 16.5. The zero-order chi connectivity index (χ0) is 18.1. The Kier molecular flexibility index (Phi) is 7.14. The SMILES string of the molecule is CCCCCNc1ccc(NC(=O)c2c(OC)cccc2OC)cc1. The molecule has 1 amide bonds. The Morgan fingerprint density at radius 3 is 2.08 bits per heavy atom. The fourth-order valence-corrected chi connectivity index (χ4v) is 2.55. The second kappa shape index (κ2) is 9.57. The molecule has 0 aliphatic heterocycles. The lowest BCUT2D eigenvalue weighted by Gasteiger charge is -2.13. The molecule has 0 saturated carbocycles. The third-order valence-corrected chi connectivity index (χ3v) is 3.91. The predicted octanol–water partition coefficient (Wildman–Crippen LogP) is 4.56. The van der Waals surface area contributed by atoms with E-state index in [4.69, 9.17) is 9.47 Å². The number of ether oxygens (including phenoxy) is 2. The van der Waals surface area contributed by atoms with Gasteiger partial charge >= 0.3 is 0 Å². The van der Waals surface area contributed by atoms with E-state index in [0.717, 1.165) is 24.3 Å². The number of amides is 1. The topological polar surface area (TPSA) is 59.6 Å². The van der Waals surface area contributed by atoms with Crippen LogP contribution in [0.15, 0.2) is 42.5 Å². The molecule has 0 bridgehead atoms. The Labute approximate surface area is 149 Å². The zero-order valence-corrected chi connectivity index (χ0v) is 15.1. The molecule has 0 aliphatic rings. The Morgan fingerprint density at radius 2 is 1.52 bits per heavy atom. The summed E-state index contributed by atoms with van der Waals surface area (Å²) in [6.07, 6.45) is 3.59. The van der Waals surface area contributed by atoms with Crippen molar-refractivity contribution in [1.82, 2.24) is 0 Å². The molecule has 2 aromatic carbocycles. The van der Waals surface area contributed by atoms with E-state index >= 15 is 0 Å². The number of rotatable bonds is 9. The number of carbonyl (C=O) groups excluding carboxylic acids is 1. The summed E-state index contributed by atoms with van der Waals surface area (Å²) >= 11 is 0. The molecular formula is C20H26N2O3. The summed E-state index contributed by atoms with van der Waals surface area (Å²) in [6.45, 7) is 3.14. The summed E-state index contributed by atoms with van der Waals surface area (Å²) in [6, 6.07) is 12.9. The molecule has 0 saturated heterocycles. The van der Waals surface area contributed by atoms with Crippen LogP contribution >= 0.6 is 0 Å². The van der Waals surface area contributed by atoms with Crippen LogP contribution in [-0.4, -0.2) is 26.7 Å². The van der Waals surface area contributed by atoms with Gasteiger partial charge in [-0.1, -0.05) is 25.8 Å².